The normalized spacial score (nSPS) is 13.4. The molecule has 1 aliphatic carbocycles. The van der Waals surface area contributed by atoms with Crippen molar-refractivity contribution in [3.05, 3.63) is 222 Å². The van der Waals surface area contributed by atoms with Gasteiger partial charge < -0.3 is 9.32 Å². The fourth-order valence-corrected chi connectivity index (χ4v) is 10.9. The first-order valence-corrected chi connectivity index (χ1v) is 20.0. The van der Waals surface area contributed by atoms with Crippen LogP contribution in [0.1, 0.15) is 22.3 Å². The van der Waals surface area contributed by atoms with E-state index in [1.807, 2.05) is 23.9 Å². The molecule has 0 radical (unpaired) electrons. The van der Waals surface area contributed by atoms with Crippen LogP contribution in [0.5, 0.6) is 0 Å². The summed E-state index contributed by atoms with van der Waals surface area (Å²) in [7, 11) is 0. The zero-order chi connectivity index (χ0) is 36.8. The minimum Gasteiger partial charge on any atom is -0.455 e. The number of fused-ring (bicyclic) bond motifs is 14. The van der Waals surface area contributed by atoms with E-state index >= 15 is 0 Å². The molecule has 0 amide bonds. The zero-order valence-corrected chi connectivity index (χ0v) is 31.1. The first-order valence-electron chi connectivity index (χ1n) is 19.2. The van der Waals surface area contributed by atoms with Gasteiger partial charge in [-0.05, 0) is 86.8 Å². The van der Waals surface area contributed by atoms with Gasteiger partial charge in [-0.1, -0.05) is 169 Å². The Kier molecular flexibility index (Phi) is 6.81. The van der Waals surface area contributed by atoms with Gasteiger partial charge in [-0.15, -0.1) is 0 Å². The summed E-state index contributed by atoms with van der Waals surface area (Å²) < 4.78 is 6.46. The van der Waals surface area contributed by atoms with Crippen LogP contribution in [0.2, 0.25) is 0 Å². The monoisotopic (exact) mass is 731 g/mol. The molecule has 10 aromatic rings. The molecule has 0 unspecified atom stereocenters. The smallest absolute Gasteiger partial charge is 0.143 e. The van der Waals surface area contributed by atoms with Crippen LogP contribution in [-0.4, -0.2) is 0 Å². The molecule has 0 atom stereocenters. The van der Waals surface area contributed by atoms with Gasteiger partial charge in [0.15, 0.2) is 0 Å². The van der Waals surface area contributed by atoms with Gasteiger partial charge in [0, 0.05) is 42.9 Å². The molecule has 1 aliphatic heterocycles. The molecule has 2 nitrogen and oxygen atoms in total. The van der Waals surface area contributed by atoms with Crippen LogP contribution in [0.4, 0.5) is 17.1 Å². The standard InChI is InChI=1S/C53H33NOS/c1-2-15-35(16-3-1)54(36-31-29-34(30-32-36)37-22-14-23-42-41-20-8-12-27-49(41)55-51(37)42)48-33-47-52(43-21-5-4-19-40(43)48)56-50-28-13-11-26-46(50)53(47)44-24-9-6-17-38(44)39-18-7-10-25-45(39)53/h1-33H. The summed E-state index contributed by atoms with van der Waals surface area (Å²) >= 11 is 1.91. The molecule has 9 aromatic carbocycles. The van der Waals surface area contributed by atoms with Crippen molar-refractivity contribution >= 4 is 61.5 Å². The number of para-hydroxylation sites is 3. The third kappa shape index (κ3) is 4.35. The third-order valence-electron chi connectivity index (χ3n) is 11.9. The van der Waals surface area contributed by atoms with Crippen LogP contribution in [0, 0.1) is 0 Å². The second-order valence-corrected chi connectivity index (χ2v) is 15.8. The number of hydrogen-bond donors (Lipinski definition) is 0. The maximum atomic E-state index is 6.46. The molecule has 3 heteroatoms. The van der Waals surface area contributed by atoms with Crippen LogP contribution in [-0.2, 0) is 5.41 Å². The van der Waals surface area contributed by atoms with Crippen molar-refractivity contribution in [2.75, 3.05) is 4.90 Å². The predicted octanol–water partition coefficient (Wildman–Crippen LogP) is 14.7. The van der Waals surface area contributed by atoms with Gasteiger partial charge in [0.2, 0.25) is 0 Å². The highest BCUT2D eigenvalue weighted by Gasteiger charge is 2.50. The maximum absolute atomic E-state index is 6.46. The lowest BCUT2D eigenvalue weighted by Crippen LogP contribution is -2.32. The number of nitrogens with zero attached hydrogens (tertiary/aromatic N) is 1. The van der Waals surface area contributed by atoms with E-state index < -0.39 is 5.41 Å². The Morgan fingerprint density at radius 1 is 0.411 bits per heavy atom. The van der Waals surface area contributed by atoms with E-state index in [-0.39, 0.29) is 0 Å². The van der Waals surface area contributed by atoms with Crippen LogP contribution in [0.15, 0.2) is 214 Å². The number of rotatable bonds is 4. The Balaban J connectivity index is 1.12. The second kappa shape index (κ2) is 12.1. The summed E-state index contributed by atoms with van der Waals surface area (Å²) in [4.78, 5) is 5.07. The predicted molar refractivity (Wildman–Crippen MR) is 233 cm³/mol. The van der Waals surface area contributed by atoms with Crippen molar-refractivity contribution in [3.8, 4) is 22.3 Å². The summed E-state index contributed by atoms with van der Waals surface area (Å²) in [6, 6.07) is 73.2. The molecular formula is C53H33NOS. The highest BCUT2D eigenvalue weighted by molar-refractivity contribution is 7.99. The van der Waals surface area contributed by atoms with E-state index in [0.29, 0.717) is 0 Å². The minimum absolute atomic E-state index is 0.485. The molecule has 56 heavy (non-hydrogen) atoms. The molecule has 0 saturated heterocycles. The molecule has 0 fully saturated rings. The second-order valence-electron chi connectivity index (χ2n) is 14.8. The van der Waals surface area contributed by atoms with Crippen molar-refractivity contribution in [1.82, 2.24) is 0 Å². The van der Waals surface area contributed by atoms with Crippen LogP contribution in [0.25, 0.3) is 55.0 Å². The van der Waals surface area contributed by atoms with Crippen molar-refractivity contribution in [3.63, 3.8) is 0 Å². The van der Waals surface area contributed by atoms with Crippen molar-refractivity contribution in [1.29, 1.82) is 0 Å². The number of anilines is 3. The SMILES string of the molecule is c1ccc(N(c2ccc(-c3cccc4c3oc3ccccc34)cc2)c2cc3c(c4ccccc24)Sc2ccccc2C32c3ccccc3-c3ccccc32)cc1. The lowest BCUT2D eigenvalue weighted by Gasteiger charge is -2.41. The van der Waals surface area contributed by atoms with Gasteiger partial charge in [0.05, 0.1) is 11.1 Å². The van der Waals surface area contributed by atoms with Gasteiger partial charge in [0.25, 0.3) is 0 Å². The van der Waals surface area contributed by atoms with Gasteiger partial charge in [-0.25, -0.2) is 0 Å². The van der Waals surface area contributed by atoms with E-state index in [1.165, 1.54) is 53.9 Å². The summed E-state index contributed by atoms with van der Waals surface area (Å²) in [5.41, 5.74) is 14.9. The summed E-state index contributed by atoms with van der Waals surface area (Å²) in [5.74, 6) is 0. The average Bonchev–Trinajstić information content (AvgIpc) is 3.79. The van der Waals surface area contributed by atoms with Crippen LogP contribution < -0.4 is 4.90 Å². The van der Waals surface area contributed by atoms with E-state index in [4.69, 9.17) is 4.42 Å². The van der Waals surface area contributed by atoms with Gasteiger partial charge in [-0.3, -0.25) is 0 Å². The lowest BCUT2D eigenvalue weighted by atomic mass is 9.67. The Hall–Kier alpha value is -6.81. The third-order valence-corrected chi connectivity index (χ3v) is 13.1. The quantitative estimate of drug-likeness (QED) is 0.179. The Labute approximate surface area is 329 Å². The molecular weight excluding hydrogens is 699 g/mol. The van der Waals surface area contributed by atoms with E-state index in [9.17, 15) is 0 Å². The molecule has 0 N–H and O–H groups in total. The molecule has 0 bridgehead atoms. The molecule has 2 heterocycles. The molecule has 0 saturated carbocycles. The first-order chi connectivity index (χ1) is 27.8. The van der Waals surface area contributed by atoms with E-state index in [1.54, 1.807) is 0 Å². The van der Waals surface area contributed by atoms with Crippen molar-refractivity contribution in [2.24, 2.45) is 0 Å². The maximum Gasteiger partial charge on any atom is 0.143 e. The van der Waals surface area contributed by atoms with E-state index in [2.05, 4.69) is 193 Å². The number of furan rings is 1. The van der Waals surface area contributed by atoms with E-state index in [0.717, 1.165) is 50.1 Å². The number of benzene rings is 9. The number of hydrogen-bond acceptors (Lipinski definition) is 3. The minimum atomic E-state index is -0.485. The average molecular weight is 732 g/mol. The van der Waals surface area contributed by atoms with Crippen molar-refractivity contribution < 1.29 is 4.42 Å². The zero-order valence-electron chi connectivity index (χ0n) is 30.3. The molecule has 2 aliphatic rings. The molecule has 1 spiro atoms. The Morgan fingerprint density at radius 3 is 1.75 bits per heavy atom. The fourth-order valence-electron chi connectivity index (χ4n) is 9.61. The fraction of sp³-hybridized carbons (Fsp3) is 0.0189. The first kappa shape index (κ1) is 31.5. The highest BCUT2D eigenvalue weighted by atomic mass is 32.2. The molecule has 262 valence electrons. The summed E-state index contributed by atoms with van der Waals surface area (Å²) in [6.07, 6.45) is 0. The van der Waals surface area contributed by atoms with Gasteiger partial charge >= 0.3 is 0 Å². The van der Waals surface area contributed by atoms with Crippen LogP contribution >= 0.6 is 11.8 Å². The highest BCUT2D eigenvalue weighted by Crippen LogP contribution is 2.64. The lowest BCUT2D eigenvalue weighted by molar-refractivity contribution is 0.670. The largest absolute Gasteiger partial charge is 0.455 e. The summed E-state index contributed by atoms with van der Waals surface area (Å²) in [6.45, 7) is 0. The topological polar surface area (TPSA) is 16.4 Å². The van der Waals surface area contributed by atoms with Crippen molar-refractivity contribution in [2.45, 2.75) is 15.2 Å². The molecule has 12 rings (SSSR count). The Morgan fingerprint density at radius 2 is 0.982 bits per heavy atom. The van der Waals surface area contributed by atoms with Crippen LogP contribution in [0.3, 0.4) is 0 Å². The van der Waals surface area contributed by atoms with Gasteiger partial charge in [0.1, 0.15) is 11.2 Å². The molecule has 1 aromatic heterocycles. The van der Waals surface area contributed by atoms with Gasteiger partial charge in [-0.2, -0.15) is 0 Å². The summed E-state index contributed by atoms with van der Waals surface area (Å²) in [5, 5.41) is 4.75. The Bertz CT molecular complexity index is 3130.